The second-order valence-electron chi connectivity index (χ2n) is 1.12. The molecular formula is C6H15NO2. The van der Waals surface area contributed by atoms with Crippen LogP contribution in [0.4, 0.5) is 0 Å². The molecule has 0 aromatic heterocycles. The SMILES string of the molecule is C=C.CCCC(=O)[O-].[NH4+]. The first-order chi connectivity index (χ1) is 3.77. The van der Waals surface area contributed by atoms with Crippen molar-refractivity contribution in [3.63, 3.8) is 0 Å². The molecule has 0 aromatic carbocycles. The van der Waals surface area contributed by atoms with Gasteiger partial charge in [0.15, 0.2) is 0 Å². The molecule has 0 bridgehead atoms. The Morgan fingerprint density at radius 3 is 1.89 bits per heavy atom. The van der Waals surface area contributed by atoms with E-state index in [4.69, 9.17) is 0 Å². The van der Waals surface area contributed by atoms with E-state index in [2.05, 4.69) is 13.2 Å². The van der Waals surface area contributed by atoms with E-state index in [-0.39, 0.29) is 12.6 Å². The number of aliphatic carboxylic acids is 1. The van der Waals surface area contributed by atoms with E-state index in [9.17, 15) is 9.90 Å². The largest absolute Gasteiger partial charge is 0.550 e. The lowest BCUT2D eigenvalue weighted by Gasteiger charge is -1.92. The number of hydrogen-bond acceptors (Lipinski definition) is 2. The van der Waals surface area contributed by atoms with E-state index in [0.29, 0.717) is 6.42 Å². The van der Waals surface area contributed by atoms with Crippen molar-refractivity contribution in [3.8, 4) is 0 Å². The lowest BCUT2D eigenvalue weighted by molar-refractivity contribution is -0.305. The van der Waals surface area contributed by atoms with Gasteiger partial charge in [0.2, 0.25) is 0 Å². The van der Waals surface area contributed by atoms with E-state index in [1.54, 1.807) is 6.92 Å². The van der Waals surface area contributed by atoms with Gasteiger partial charge in [0, 0.05) is 5.97 Å². The highest BCUT2D eigenvalue weighted by molar-refractivity contribution is 5.63. The molecule has 0 rings (SSSR count). The number of carboxylic acids is 1. The summed E-state index contributed by atoms with van der Waals surface area (Å²) in [5, 5.41) is 9.49. The van der Waals surface area contributed by atoms with Crippen LogP contribution in [0.5, 0.6) is 0 Å². The Bertz CT molecular complexity index is 64.1. The molecule has 0 radical (unpaired) electrons. The molecule has 0 unspecified atom stereocenters. The van der Waals surface area contributed by atoms with E-state index in [1.807, 2.05) is 0 Å². The quantitative estimate of drug-likeness (QED) is 0.563. The van der Waals surface area contributed by atoms with Crippen molar-refractivity contribution in [2.24, 2.45) is 0 Å². The molecule has 3 heteroatoms. The Morgan fingerprint density at radius 2 is 1.89 bits per heavy atom. The predicted octanol–water partition coefficient (Wildman–Crippen LogP) is 0.715. The molecule has 4 N–H and O–H groups in total. The van der Waals surface area contributed by atoms with Crippen LogP contribution < -0.4 is 11.3 Å². The van der Waals surface area contributed by atoms with Crippen LogP contribution in [-0.4, -0.2) is 5.97 Å². The maximum atomic E-state index is 9.49. The maximum Gasteiger partial charge on any atom is 0.0414 e. The summed E-state index contributed by atoms with van der Waals surface area (Å²) in [4.78, 5) is 9.49. The molecule has 0 heterocycles. The molecule has 0 amide bonds. The van der Waals surface area contributed by atoms with E-state index in [0.717, 1.165) is 0 Å². The van der Waals surface area contributed by atoms with Gasteiger partial charge in [-0.3, -0.25) is 0 Å². The second-order valence-corrected chi connectivity index (χ2v) is 1.12. The second kappa shape index (κ2) is 15.7. The summed E-state index contributed by atoms with van der Waals surface area (Å²) < 4.78 is 0. The molecule has 0 aliphatic heterocycles. The summed E-state index contributed by atoms with van der Waals surface area (Å²) in [6.07, 6.45) is 0.850. The number of carboxylic acid groups (broad SMARTS) is 1. The molecule has 9 heavy (non-hydrogen) atoms. The zero-order chi connectivity index (χ0) is 6.99. The van der Waals surface area contributed by atoms with Crippen molar-refractivity contribution in [2.75, 3.05) is 0 Å². The highest BCUT2D eigenvalue weighted by atomic mass is 16.4. The van der Waals surface area contributed by atoms with Crippen molar-refractivity contribution in [1.29, 1.82) is 0 Å². The number of rotatable bonds is 2. The molecule has 0 fully saturated rings. The molecule has 0 saturated heterocycles. The fourth-order valence-electron chi connectivity index (χ4n) is 0.204. The van der Waals surface area contributed by atoms with Crippen LogP contribution in [0.2, 0.25) is 0 Å². The maximum absolute atomic E-state index is 9.49. The molecule has 0 spiro atoms. The van der Waals surface area contributed by atoms with Crippen molar-refractivity contribution in [3.05, 3.63) is 13.2 Å². The smallest absolute Gasteiger partial charge is 0.0414 e. The van der Waals surface area contributed by atoms with Gasteiger partial charge in [-0.25, -0.2) is 0 Å². The summed E-state index contributed by atoms with van der Waals surface area (Å²) in [6, 6.07) is 0. The summed E-state index contributed by atoms with van der Waals surface area (Å²) in [5.41, 5.74) is 0. The average Bonchev–Trinajstić information content (AvgIpc) is 1.72. The van der Waals surface area contributed by atoms with Gasteiger partial charge in [0.05, 0.1) is 0 Å². The fourth-order valence-corrected chi connectivity index (χ4v) is 0.204. The number of hydrogen-bond donors (Lipinski definition) is 1. The fraction of sp³-hybridized carbons (Fsp3) is 0.500. The van der Waals surface area contributed by atoms with Crippen LogP contribution in [0.1, 0.15) is 19.8 Å². The topological polar surface area (TPSA) is 76.6 Å². The van der Waals surface area contributed by atoms with Gasteiger partial charge in [0.1, 0.15) is 0 Å². The third-order valence-corrected chi connectivity index (χ3v) is 0.454. The normalized spacial score (nSPS) is 5.89. The summed E-state index contributed by atoms with van der Waals surface area (Å²) in [5.74, 6) is -0.961. The van der Waals surface area contributed by atoms with Crippen molar-refractivity contribution >= 4 is 5.97 Å². The summed E-state index contributed by atoms with van der Waals surface area (Å²) in [7, 11) is 0. The highest BCUT2D eigenvalue weighted by Gasteiger charge is 1.75. The molecule has 0 aromatic rings. The monoisotopic (exact) mass is 133 g/mol. The Morgan fingerprint density at radius 1 is 1.56 bits per heavy atom. The van der Waals surface area contributed by atoms with Crippen molar-refractivity contribution in [1.82, 2.24) is 6.15 Å². The Hall–Kier alpha value is -0.830. The zero-order valence-electron chi connectivity index (χ0n) is 6.14. The van der Waals surface area contributed by atoms with Gasteiger partial charge in [-0.15, -0.1) is 13.2 Å². The summed E-state index contributed by atoms with van der Waals surface area (Å²) in [6.45, 7) is 7.80. The van der Waals surface area contributed by atoms with E-state index >= 15 is 0 Å². The Labute approximate surface area is 56.0 Å². The number of carbonyl (C=O) groups is 1. The van der Waals surface area contributed by atoms with Gasteiger partial charge < -0.3 is 16.1 Å². The molecule has 3 nitrogen and oxygen atoms in total. The van der Waals surface area contributed by atoms with Crippen LogP contribution in [0.3, 0.4) is 0 Å². The van der Waals surface area contributed by atoms with Crippen molar-refractivity contribution < 1.29 is 9.90 Å². The predicted molar refractivity (Wildman–Crippen MR) is 37.2 cm³/mol. The lowest BCUT2D eigenvalue weighted by Crippen LogP contribution is -2.20. The minimum absolute atomic E-state index is 0. The van der Waals surface area contributed by atoms with Crippen LogP contribution in [0.25, 0.3) is 0 Å². The average molecular weight is 133 g/mol. The molecule has 0 aliphatic carbocycles. The lowest BCUT2D eigenvalue weighted by atomic mass is 10.4. The zero-order valence-corrected chi connectivity index (χ0v) is 6.14. The van der Waals surface area contributed by atoms with E-state index < -0.39 is 5.97 Å². The molecule has 0 saturated carbocycles. The minimum Gasteiger partial charge on any atom is -0.550 e. The number of quaternary nitrogens is 1. The van der Waals surface area contributed by atoms with Gasteiger partial charge in [-0.1, -0.05) is 13.3 Å². The first-order valence-corrected chi connectivity index (χ1v) is 2.47. The van der Waals surface area contributed by atoms with Gasteiger partial charge in [0.25, 0.3) is 0 Å². The highest BCUT2D eigenvalue weighted by Crippen LogP contribution is 1.79. The van der Waals surface area contributed by atoms with Crippen LogP contribution in [0.15, 0.2) is 13.2 Å². The van der Waals surface area contributed by atoms with Crippen LogP contribution >= 0.6 is 0 Å². The van der Waals surface area contributed by atoms with Gasteiger partial charge >= 0.3 is 0 Å². The van der Waals surface area contributed by atoms with E-state index in [1.165, 1.54) is 0 Å². The first kappa shape index (κ1) is 15.7. The minimum atomic E-state index is -0.961. The first-order valence-electron chi connectivity index (χ1n) is 2.47. The molecule has 0 atom stereocenters. The standard InChI is InChI=1S/C4H8O2.C2H4.H3N/c1-2-3-4(5)6;1-2;/h2-3H2,1H3,(H,5,6);1-2H2;1H3. The third-order valence-electron chi connectivity index (χ3n) is 0.454. The van der Waals surface area contributed by atoms with Gasteiger partial charge in [-0.05, 0) is 6.42 Å². The Kier molecular flexibility index (Phi) is 27.4. The van der Waals surface area contributed by atoms with Crippen molar-refractivity contribution in [2.45, 2.75) is 19.8 Å². The molecule has 56 valence electrons. The third kappa shape index (κ3) is 40.7. The summed E-state index contributed by atoms with van der Waals surface area (Å²) >= 11 is 0. The Balaban J connectivity index is -0.000000109. The van der Waals surface area contributed by atoms with Gasteiger partial charge in [-0.2, -0.15) is 0 Å². The van der Waals surface area contributed by atoms with Crippen LogP contribution in [-0.2, 0) is 4.79 Å². The number of carbonyl (C=O) groups excluding carboxylic acids is 1. The molecular weight excluding hydrogens is 118 g/mol. The van der Waals surface area contributed by atoms with Crippen LogP contribution in [0, 0.1) is 0 Å². The molecule has 0 aliphatic rings.